The van der Waals surface area contributed by atoms with Gasteiger partial charge in [0.1, 0.15) is 5.75 Å². The van der Waals surface area contributed by atoms with Crippen LogP contribution in [0.2, 0.25) is 5.02 Å². The summed E-state index contributed by atoms with van der Waals surface area (Å²) in [5.41, 5.74) is 4.49. The van der Waals surface area contributed by atoms with Crippen LogP contribution in [-0.4, -0.2) is 49.7 Å². The molecule has 3 rings (SSSR count). The molecule has 28 heavy (non-hydrogen) atoms. The summed E-state index contributed by atoms with van der Waals surface area (Å²) in [4.78, 5) is 14.4. The number of phenolic OH excluding ortho intramolecular Hbond substituents is 1. The first-order valence-electron chi connectivity index (χ1n) is 8.64. The summed E-state index contributed by atoms with van der Waals surface area (Å²) in [5.74, 6) is -0.180. The molecule has 1 aliphatic rings. The summed E-state index contributed by atoms with van der Waals surface area (Å²) in [6, 6.07) is 11.5. The van der Waals surface area contributed by atoms with E-state index in [1.54, 1.807) is 37.3 Å². The van der Waals surface area contributed by atoms with Crippen molar-refractivity contribution in [1.82, 2.24) is 5.43 Å². The van der Waals surface area contributed by atoms with Gasteiger partial charge in [-0.3, -0.25) is 4.79 Å². The van der Waals surface area contributed by atoms with Gasteiger partial charge in [-0.2, -0.15) is 5.10 Å². The van der Waals surface area contributed by atoms with Crippen LogP contribution in [0.1, 0.15) is 22.8 Å². The second-order valence-electron chi connectivity index (χ2n) is 6.49. The lowest BCUT2D eigenvalue weighted by Crippen LogP contribution is -2.40. The molecule has 1 amide bonds. The van der Waals surface area contributed by atoms with Crippen LogP contribution < -0.4 is 10.3 Å². The average Bonchev–Trinajstić information content (AvgIpc) is 2.67. The molecule has 0 saturated carbocycles. The number of carbonyl (C=O) groups excluding carboxylic acids is 1. The van der Waals surface area contributed by atoms with Crippen molar-refractivity contribution >= 4 is 38.7 Å². The Labute approximate surface area is 168 Å². The summed E-state index contributed by atoms with van der Waals surface area (Å²) >= 11 is 5.93. The van der Waals surface area contributed by atoms with Gasteiger partial charge in [-0.1, -0.05) is 17.7 Å². The van der Waals surface area contributed by atoms with E-state index in [1.165, 1.54) is 6.07 Å². The second-order valence-corrected chi connectivity index (χ2v) is 9.23. The largest absolute Gasteiger partial charge is 0.507 e. The van der Waals surface area contributed by atoms with Gasteiger partial charge < -0.3 is 10.0 Å². The molecule has 2 aromatic carbocycles. The summed E-state index contributed by atoms with van der Waals surface area (Å²) in [6.45, 7) is 2.45. The third-order valence-corrected chi connectivity index (χ3v) is 6.34. The number of rotatable bonds is 4. The number of hydrogen-bond donors (Lipinski definition) is 2. The fraction of sp³-hybridized carbons (Fsp3) is 0.263. The van der Waals surface area contributed by atoms with Crippen molar-refractivity contribution in [2.75, 3.05) is 29.5 Å². The summed E-state index contributed by atoms with van der Waals surface area (Å²) < 4.78 is 23.2. The molecular weight excluding hydrogens is 402 g/mol. The van der Waals surface area contributed by atoms with E-state index in [9.17, 15) is 18.3 Å². The average molecular weight is 422 g/mol. The highest BCUT2D eigenvalue weighted by Gasteiger charge is 2.22. The number of nitrogens with zero attached hydrogens (tertiary/aromatic N) is 2. The molecule has 0 atom stereocenters. The van der Waals surface area contributed by atoms with Crippen LogP contribution in [0.4, 0.5) is 5.69 Å². The minimum atomic E-state index is -2.97. The Kier molecular flexibility index (Phi) is 5.90. The zero-order valence-corrected chi connectivity index (χ0v) is 16.8. The molecular formula is C19H20ClN3O4S. The maximum atomic E-state index is 12.4. The highest BCUT2D eigenvalue weighted by Crippen LogP contribution is 2.22. The maximum absolute atomic E-state index is 12.4. The predicted octanol–water partition coefficient (Wildman–Crippen LogP) is 2.43. The van der Waals surface area contributed by atoms with Crippen LogP contribution >= 0.6 is 11.6 Å². The van der Waals surface area contributed by atoms with Crippen LogP contribution in [0.5, 0.6) is 5.75 Å². The lowest BCUT2D eigenvalue weighted by molar-refractivity contribution is 0.0955. The van der Waals surface area contributed by atoms with Crippen LogP contribution in [0.3, 0.4) is 0 Å². The van der Waals surface area contributed by atoms with E-state index >= 15 is 0 Å². The van der Waals surface area contributed by atoms with Gasteiger partial charge >= 0.3 is 0 Å². The Morgan fingerprint density at radius 1 is 1.18 bits per heavy atom. The zero-order valence-electron chi connectivity index (χ0n) is 15.2. The van der Waals surface area contributed by atoms with Crippen molar-refractivity contribution in [3.05, 3.63) is 58.6 Å². The Balaban J connectivity index is 1.72. The third kappa shape index (κ3) is 4.82. The van der Waals surface area contributed by atoms with Crippen LogP contribution in [0.25, 0.3) is 0 Å². The first-order chi connectivity index (χ1) is 13.2. The standard InChI is InChI=1S/C19H20ClN3O4S/c1-13(17-12-15(20)5-6-18(17)24)21-22-19(25)14-3-2-4-16(11-14)23-7-9-28(26,27)10-8-23/h2-6,11-12,24H,7-10H2,1H3,(H,22,25). The molecule has 0 aliphatic carbocycles. The number of carbonyl (C=O) groups is 1. The summed E-state index contributed by atoms with van der Waals surface area (Å²) in [7, 11) is -2.97. The van der Waals surface area contributed by atoms with Crippen molar-refractivity contribution in [2.24, 2.45) is 5.10 Å². The van der Waals surface area contributed by atoms with Crippen LogP contribution in [-0.2, 0) is 9.84 Å². The van der Waals surface area contributed by atoms with Crippen molar-refractivity contribution in [3.8, 4) is 5.75 Å². The quantitative estimate of drug-likeness (QED) is 0.583. The van der Waals surface area contributed by atoms with E-state index in [0.29, 0.717) is 35.0 Å². The normalized spacial score (nSPS) is 16.6. The molecule has 0 unspecified atom stereocenters. The molecule has 9 heteroatoms. The minimum Gasteiger partial charge on any atom is -0.507 e. The molecule has 1 aliphatic heterocycles. The zero-order chi connectivity index (χ0) is 20.3. The molecule has 0 radical (unpaired) electrons. The number of anilines is 1. The molecule has 1 fully saturated rings. The number of aromatic hydroxyl groups is 1. The fourth-order valence-electron chi connectivity index (χ4n) is 2.87. The fourth-order valence-corrected chi connectivity index (χ4v) is 4.25. The first-order valence-corrected chi connectivity index (χ1v) is 10.8. The number of halogens is 1. The molecule has 1 heterocycles. The number of hydrogen-bond acceptors (Lipinski definition) is 6. The SMILES string of the molecule is CC(=NNC(=O)c1cccc(N2CCS(=O)(=O)CC2)c1)c1cc(Cl)ccc1O. The number of nitrogens with one attached hydrogen (secondary N) is 1. The first kappa shape index (κ1) is 20.2. The van der Waals surface area contributed by atoms with Gasteiger partial charge in [0.2, 0.25) is 0 Å². The molecule has 148 valence electrons. The van der Waals surface area contributed by atoms with Crippen molar-refractivity contribution in [1.29, 1.82) is 0 Å². The third-order valence-electron chi connectivity index (χ3n) is 4.49. The smallest absolute Gasteiger partial charge is 0.271 e. The van der Waals surface area contributed by atoms with E-state index in [-0.39, 0.29) is 17.3 Å². The highest BCUT2D eigenvalue weighted by atomic mass is 35.5. The highest BCUT2D eigenvalue weighted by molar-refractivity contribution is 7.91. The molecule has 7 nitrogen and oxygen atoms in total. The van der Waals surface area contributed by atoms with E-state index in [4.69, 9.17) is 11.6 Å². The molecule has 2 N–H and O–H groups in total. The number of phenols is 1. The Morgan fingerprint density at radius 3 is 2.61 bits per heavy atom. The van der Waals surface area contributed by atoms with E-state index < -0.39 is 15.7 Å². The van der Waals surface area contributed by atoms with Crippen molar-refractivity contribution in [2.45, 2.75) is 6.92 Å². The predicted molar refractivity (Wildman–Crippen MR) is 110 cm³/mol. The topological polar surface area (TPSA) is 99.1 Å². The lowest BCUT2D eigenvalue weighted by atomic mass is 10.1. The summed E-state index contributed by atoms with van der Waals surface area (Å²) in [5, 5.41) is 14.4. The van der Waals surface area contributed by atoms with Gasteiger partial charge in [0.05, 0.1) is 17.2 Å². The van der Waals surface area contributed by atoms with Gasteiger partial charge in [0, 0.05) is 34.9 Å². The van der Waals surface area contributed by atoms with Crippen molar-refractivity contribution < 1.29 is 18.3 Å². The molecule has 0 aromatic heterocycles. The van der Waals surface area contributed by atoms with Crippen molar-refractivity contribution in [3.63, 3.8) is 0 Å². The number of benzene rings is 2. The second kappa shape index (κ2) is 8.20. The summed E-state index contributed by atoms with van der Waals surface area (Å²) in [6.07, 6.45) is 0. The number of sulfone groups is 1. The van der Waals surface area contributed by atoms with Crippen LogP contribution in [0, 0.1) is 0 Å². The van der Waals surface area contributed by atoms with Gasteiger partial charge in [-0.15, -0.1) is 0 Å². The van der Waals surface area contributed by atoms with Gasteiger partial charge in [0.25, 0.3) is 5.91 Å². The van der Waals surface area contributed by atoms with E-state index in [0.717, 1.165) is 5.69 Å². The Bertz CT molecular complexity index is 1020. The molecule has 0 bridgehead atoms. The van der Waals surface area contributed by atoms with Gasteiger partial charge in [0.15, 0.2) is 9.84 Å². The van der Waals surface area contributed by atoms with E-state index in [2.05, 4.69) is 10.5 Å². The van der Waals surface area contributed by atoms with Gasteiger partial charge in [-0.05, 0) is 43.3 Å². The number of hydrazone groups is 1. The number of amides is 1. The maximum Gasteiger partial charge on any atom is 0.271 e. The Hall–Kier alpha value is -2.58. The monoisotopic (exact) mass is 421 g/mol. The van der Waals surface area contributed by atoms with Crippen LogP contribution in [0.15, 0.2) is 47.6 Å². The lowest BCUT2D eigenvalue weighted by Gasteiger charge is -2.28. The molecule has 1 saturated heterocycles. The molecule has 2 aromatic rings. The minimum absolute atomic E-state index is 0.0157. The molecule has 0 spiro atoms. The Morgan fingerprint density at radius 2 is 1.89 bits per heavy atom. The van der Waals surface area contributed by atoms with Gasteiger partial charge in [-0.25, -0.2) is 13.8 Å². The van der Waals surface area contributed by atoms with E-state index in [1.807, 2.05) is 11.0 Å².